The van der Waals surface area contributed by atoms with E-state index < -0.39 is 0 Å². The van der Waals surface area contributed by atoms with Gasteiger partial charge in [-0.1, -0.05) is 42.5 Å². The quantitative estimate of drug-likeness (QED) is 0.430. The maximum Gasteiger partial charge on any atom is 0.267 e. The molecule has 0 saturated carbocycles. The molecule has 0 unspecified atom stereocenters. The number of fused-ring (bicyclic) bond motifs is 2. The van der Waals surface area contributed by atoms with Crippen LogP contribution in [0.1, 0.15) is 25.2 Å². The van der Waals surface area contributed by atoms with Crippen LogP contribution in [0.2, 0.25) is 0 Å². The second kappa shape index (κ2) is 9.16. The molecule has 1 aliphatic rings. The lowest BCUT2D eigenvalue weighted by atomic mass is 10.1. The highest BCUT2D eigenvalue weighted by Crippen LogP contribution is 2.18. The number of benzene rings is 2. The predicted octanol–water partition coefficient (Wildman–Crippen LogP) is 3.10. The SMILES string of the molecule is C[C@@H]1CN(Cc2nc3c(c(=O)c4ccccc4n3C)c(=O)n2CCc2ccccc2)C[C@H](C)O1. The second-order valence-electron chi connectivity index (χ2n) is 9.28. The summed E-state index contributed by atoms with van der Waals surface area (Å²) in [6.45, 7) is 6.66. The van der Waals surface area contributed by atoms with Gasteiger partial charge in [-0.05, 0) is 38.0 Å². The zero-order valence-electron chi connectivity index (χ0n) is 19.9. The minimum Gasteiger partial charge on any atom is -0.373 e. The van der Waals surface area contributed by atoms with Crippen molar-refractivity contribution in [2.24, 2.45) is 7.05 Å². The molecule has 0 amide bonds. The summed E-state index contributed by atoms with van der Waals surface area (Å²) in [5.41, 5.74) is 1.83. The molecule has 0 radical (unpaired) electrons. The van der Waals surface area contributed by atoms with Crippen molar-refractivity contribution in [2.75, 3.05) is 13.1 Å². The third kappa shape index (κ3) is 4.17. The summed E-state index contributed by atoms with van der Waals surface area (Å²) >= 11 is 0. The van der Waals surface area contributed by atoms with Gasteiger partial charge >= 0.3 is 0 Å². The molecule has 7 nitrogen and oxygen atoms in total. The van der Waals surface area contributed by atoms with E-state index >= 15 is 0 Å². The summed E-state index contributed by atoms with van der Waals surface area (Å²) in [6.07, 6.45) is 0.911. The summed E-state index contributed by atoms with van der Waals surface area (Å²) in [7, 11) is 1.87. The molecule has 34 heavy (non-hydrogen) atoms. The summed E-state index contributed by atoms with van der Waals surface area (Å²) in [5, 5.41) is 0.691. The number of pyridine rings is 1. The van der Waals surface area contributed by atoms with Gasteiger partial charge in [-0.3, -0.25) is 19.1 Å². The normalized spacial score (nSPS) is 19.1. The molecule has 0 spiro atoms. The number of para-hydroxylation sites is 1. The number of hydrogen-bond acceptors (Lipinski definition) is 5. The fourth-order valence-electron chi connectivity index (χ4n) is 5.08. The van der Waals surface area contributed by atoms with E-state index in [0.717, 1.165) is 24.2 Å². The summed E-state index contributed by atoms with van der Waals surface area (Å²) in [4.78, 5) is 34.4. The van der Waals surface area contributed by atoms with E-state index in [1.807, 2.05) is 48.0 Å². The molecule has 176 valence electrons. The fourth-order valence-corrected chi connectivity index (χ4v) is 5.08. The number of morpholine rings is 1. The van der Waals surface area contributed by atoms with Gasteiger partial charge in [0.25, 0.3) is 5.56 Å². The lowest BCUT2D eigenvalue weighted by molar-refractivity contribution is -0.0713. The average molecular weight is 459 g/mol. The zero-order chi connectivity index (χ0) is 23.8. The highest BCUT2D eigenvalue weighted by Gasteiger charge is 2.25. The lowest BCUT2D eigenvalue weighted by Gasteiger charge is -2.35. The van der Waals surface area contributed by atoms with Gasteiger partial charge in [-0.15, -0.1) is 0 Å². The van der Waals surface area contributed by atoms with E-state index in [1.54, 1.807) is 10.6 Å². The number of hydrogen-bond donors (Lipinski definition) is 0. The van der Waals surface area contributed by atoms with Crippen LogP contribution < -0.4 is 11.0 Å². The Morgan fingerprint density at radius 1 is 0.971 bits per heavy atom. The Hall–Kier alpha value is -3.29. The van der Waals surface area contributed by atoms with Crippen molar-refractivity contribution in [3.63, 3.8) is 0 Å². The molecule has 1 aliphatic heterocycles. The minimum atomic E-state index is -0.267. The Labute approximate surface area is 198 Å². The van der Waals surface area contributed by atoms with Crippen LogP contribution in [0.5, 0.6) is 0 Å². The first-order valence-corrected chi connectivity index (χ1v) is 11.8. The van der Waals surface area contributed by atoms with Gasteiger partial charge in [0.1, 0.15) is 11.2 Å². The number of rotatable bonds is 5. The van der Waals surface area contributed by atoms with Gasteiger partial charge in [0.15, 0.2) is 5.65 Å². The van der Waals surface area contributed by atoms with Gasteiger partial charge in [0.05, 0.1) is 24.3 Å². The Morgan fingerprint density at radius 3 is 2.38 bits per heavy atom. The van der Waals surface area contributed by atoms with Crippen LogP contribution in [-0.4, -0.2) is 44.3 Å². The maximum atomic E-state index is 13.8. The Balaban J connectivity index is 1.67. The standard InChI is InChI=1S/C27H30N4O3/c1-18-15-30(16-19(2)34-18)17-23-28-26-24(25(32)21-11-7-8-12-22(21)29(26)3)27(33)31(23)14-13-20-9-5-4-6-10-20/h4-12,18-19H,13-17H2,1-3H3/t18-,19+. The van der Waals surface area contributed by atoms with Crippen molar-refractivity contribution in [1.29, 1.82) is 0 Å². The van der Waals surface area contributed by atoms with E-state index in [9.17, 15) is 9.59 Å². The van der Waals surface area contributed by atoms with Crippen LogP contribution >= 0.6 is 0 Å². The van der Waals surface area contributed by atoms with Gasteiger partial charge < -0.3 is 9.30 Å². The largest absolute Gasteiger partial charge is 0.373 e. The Morgan fingerprint density at radius 2 is 1.65 bits per heavy atom. The molecule has 2 atom stereocenters. The van der Waals surface area contributed by atoms with Crippen LogP contribution in [-0.2, 0) is 31.3 Å². The van der Waals surface area contributed by atoms with E-state index in [4.69, 9.17) is 9.72 Å². The lowest BCUT2D eigenvalue weighted by Crippen LogP contribution is -2.46. The highest BCUT2D eigenvalue weighted by molar-refractivity contribution is 5.91. The predicted molar refractivity (Wildman–Crippen MR) is 134 cm³/mol. The molecule has 4 aromatic rings. The third-order valence-electron chi connectivity index (χ3n) is 6.61. The van der Waals surface area contributed by atoms with Gasteiger partial charge in [0.2, 0.25) is 5.43 Å². The highest BCUT2D eigenvalue weighted by atomic mass is 16.5. The van der Waals surface area contributed by atoms with Crippen LogP contribution in [0, 0.1) is 0 Å². The number of aromatic nitrogens is 3. The number of aryl methyl sites for hydroxylation is 2. The first kappa shape index (κ1) is 22.5. The monoisotopic (exact) mass is 458 g/mol. The van der Waals surface area contributed by atoms with Crippen molar-refractivity contribution in [2.45, 2.75) is 45.6 Å². The molecule has 0 bridgehead atoms. The van der Waals surface area contributed by atoms with Crippen molar-refractivity contribution in [3.8, 4) is 0 Å². The van der Waals surface area contributed by atoms with Crippen molar-refractivity contribution >= 4 is 21.9 Å². The van der Waals surface area contributed by atoms with E-state index in [2.05, 4.69) is 30.9 Å². The van der Waals surface area contributed by atoms with Crippen LogP contribution in [0.3, 0.4) is 0 Å². The summed E-state index contributed by atoms with van der Waals surface area (Å²) in [6, 6.07) is 17.5. The average Bonchev–Trinajstić information content (AvgIpc) is 2.82. The summed E-state index contributed by atoms with van der Waals surface area (Å²) in [5.74, 6) is 0.681. The molecule has 2 aromatic carbocycles. The van der Waals surface area contributed by atoms with Gasteiger partial charge in [-0.2, -0.15) is 0 Å². The molecule has 5 rings (SSSR count). The van der Waals surface area contributed by atoms with E-state index in [-0.39, 0.29) is 28.6 Å². The maximum absolute atomic E-state index is 13.8. The van der Waals surface area contributed by atoms with Crippen molar-refractivity contribution in [1.82, 2.24) is 19.0 Å². The van der Waals surface area contributed by atoms with Crippen molar-refractivity contribution in [3.05, 3.63) is 86.6 Å². The Kier molecular flexibility index (Phi) is 6.06. The third-order valence-corrected chi connectivity index (χ3v) is 6.61. The minimum absolute atomic E-state index is 0.113. The van der Waals surface area contributed by atoms with E-state index in [1.165, 1.54) is 0 Å². The molecule has 1 saturated heterocycles. The first-order valence-electron chi connectivity index (χ1n) is 11.8. The smallest absolute Gasteiger partial charge is 0.267 e. The molecule has 0 aliphatic carbocycles. The molecule has 1 fully saturated rings. The van der Waals surface area contributed by atoms with Crippen LogP contribution in [0.4, 0.5) is 0 Å². The second-order valence-corrected chi connectivity index (χ2v) is 9.28. The molecule has 2 aromatic heterocycles. The summed E-state index contributed by atoms with van der Waals surface area (Å²) < 4.78 is 9.46. The Bertz CT molecular complexity index is 1450. The molecule has 0 N–H and O–H groups in total. The number of ether oxygens (including phenoxy) is 1. The molecular formula is C27H30N4O3. The van der Waals surface area contributed by atoms with Gasteiger partial charge in [-0.25, -0.2) is 4.98 Å². The molecular weight excluding hydrogens is 428 g/mol. The van der Waals surface area contributed by atoms with Crippen LogP contribution in [0.15, 0.2) is 64.2 Å². The zero-order valence-corrected chi connectivity index (χ0v) is 19.9. The van der Waals surface area contributed by atoms with Crippen molar-refractivity contribution < 1.29 is 4.74 Å². The fraction of sp³-hybridized carbons (Fsp3) is 0.370. The topological polar surface area (TPSA) is 69.4 Å². The molecule has 3 heterocycles. The number of nitrogens with zero attached hydrogens (tertiary/aromatic N) is 4. The van der Waals surface area contributed by atoms with Gasteiger partial charge in [0, 0.05) is 32.1 Å². The van der Waals surface area contributed by atoms with Crippen LogP contribution in [0.25, 0.3) is 21.9 Å². The molecule has 7 heteroatoms. The van der Waals surface area contributed by atoms with E-state index in [0.29, 0.717) is 36.4 Å². The first-order chi connectivity index (χ1) is 16.4.